The van der Waals surface area contributed by atoms with Gasteiger partial charge in [-0.3, -0.25) is 9.79 Å². The van der Waals surface area contributed by atoms with Crippen molar-refractivity contribution in [2.24, 2.45) is 4.99 Å². The van der Waals surface area contributed by atoms with Crippen LogP contribution in [-0.2, 0) is 0 Å². The minimum Gasteiger partial charge on any atom is -0.368 e. The second kappa shape index (κ2) is 6.10. The lowest BCUT2D eigenvalue weighted by Gasteiger charge is -2.08. The maximum absolute atomic E-state index is 12.2. The smallest absolute Gasteiger partial charge is 0.256 e. The summed E-state index contributed by atoms with van der Waals surface area (Å²) in [5, 5.41) is 6.11. The van der Waals surface area contributed by atoms with E-state index in [1.807, 2.05) is 42.5 Å². The Bertz CT molecular complexity index is 695. The van der Waals surface area contributed by atoms with E-state index in [4.69, 9.17) is 0 Å². The quantitative estimate of drug-likeness (QED) is 0.899. The number of carbonyl (C=O) groups excluding carboxylic acids is 1. The lowest BCUT2D eigenvalue weighted by molar-refractivity contribution is 0.102. The summed E-state index contributed by atoms with van der Waals surface area (Å²) >= 11 is 3.38. The number of benzene rings is 2. The van der Waals surface area contributed by atoms with Crippen LogP contribution in [0, 0.1) is 0 Å². The van der Waals surface area contributed by atoms with Crippen molar-refractivity contribution in [3.8, 4) is 0 Å². The van der Waals surface area contributed by atoms with Gasteiger partial charge in [0, 0.05) is 22.3 Å². The topological polar surface area (TPSA) is 53.5 Å². The maximum Gasteiger partial charge on any atom is 0.256 e. The number of anilines is 1. The Morgan fingerprint density at radius 2 is 1.90 bits per heavy atom. The molecule has 0 unspecified atom stereocenters. The van der Waals surface area contributed by atoms with E-state index < -0.39 is 0 Å². The molecular formula is C16H14BrN3O. The highest BCUT2D eigenvalue weighted by molar-refractivity contribution is 9.10. The van der Waals surface area contributed by atoms with Crippen LogP contribution in [0.15, 0.2) is 58.0 Å². The van der Waals surface area contributed by atoms with Gasteiger partial charge in [-0.05, 0) is 52.3 Å². The van der Waals surface area contributed by atoms with Crippen LogP contribution in [-0.4, -0.2) is 24.8 Å². The minimum atomic E-state index is -0.133. The number of amidine groups is 1. The summed E-state index contributed by atoms with van der Waals surface area (Å²) in [6.45, 7) is 1.70. The Hall–Kier alpha value is -2.14. The average molecular weight is 344 g/mol. The highest BCUT2D eigenvalue weighted by Gasteiger charge is 2.11. The molecule has 0 saturated carbocycles. The highest BCUT2D eigenvalue weighted by atomic mass is 79.9. The Labute approximate surface area is 131 Å². The molecule has 106 valence electrons. The predicted molar refractivity (Wildman–Crippen MR) is 87.9 cm³/mol. The van der Waals surface area contributed by atoms with E-state index in [0.717, 1.165) is 34.6 Å². The summed E-state index contributed by atoms with van der Waals surface area (Å²) in [4.78, 5) is 16.6. The summed E-state index contributed by atoms with van der Waals surface area (Å²) in [6.07, 6.45) is 0. The van der Waals surface area contributed by atoms with E-state index >= 15 is 0 Å². The van der Waals surface area contributed by atoms with Gasteiger partial charge in [-0.1, -0.05) is 12.1 Å². The predicted octanol–water partition coefficient (Wildman–Crippen LogP) is 3.05. The van der Waals surface area contributed by atoms with Crippen LogP contribution in [0.3, 0.4) is 0 Å². The van der Waals surface area contributed by atoms with Crippen LogP contribution in [0.2, 0.25) is 0 Å². The molecule has 0 saturated heterocycles. The summed E-state index contributed by atoms with van der Waals surface area (Å²) in [7, 11) is 0. The van der Waals surface area contributed by atoms with E-state index in [0.29, 0.717) is 5.56 Å². The number of hydrogen-bond acceptors (Lipinski definition) is 3. The zero-order valence-electron chi connectivity index (χ0n) is 11.3. The highest BCUT2D eigenvalue weighted by Crippen LogP contribution is 2.18. The van der Waals surface area contributed by atoms with Gasteiger partial charge in [0.1, 0.15) is 5.84 Å². The molecule has 0 atom stereocenters. The SMILES string of the molecule is O=C(Nc1ccc(C2=NCCN2)cc1)c1ccccc1Br. The van der Waals surface area contributed by atoms with Crippen molar-refractivity contribution >= 4 is 33.4 Å². The van der Waals surface area contributed by atoms with Gasteiger partial charge >= 0.3 is 0 Å². The third-order valence-corrected chi connectivity index (χ3v) is 3.90. The van der Waals surface area contributed by atoms with Crippen molar-refractivity contribution in [1.29, 1.82) is 0 Å². The van der Waals surface area contributed by atoms with Crippen molar-refractivity contribution < 1.29 is 4.79 Å². The van der Waals surface area contributed by atoms with Crippen molar-refractivity contribution in [1.82, 2.24) is 5.32 Å². The molecule has 3 rings (SSSR count). The molecular weight excluding hydrogens is 330 g/mol. The zero-order chi connectivity index (χ0) is 14.7. The summed E-state index contributed by atoms with van der Waals surface area (Å²) in [5.41, 5.74) is 2.41. The first-order valence-electron chi connectivity index (χ1n) is 6.69. The lowest BCUT2D eigenvalue weighted by Crippen LogP contribution is -2.19. The number of halogens is 1. The van der Waals surface area contributed by atoms with Crippen LogP contribution >= 0.6 is 15.9 Å². The number of amides is 1. The van der Waals surface area contributed by atoms with Gasteiger partial charge in [0.2, 0.25) is 0 Å². The normalized spacial score (nSPS) is 13.5. The summed E-state index contributed by atoms with van der Waals surface area (Å²) in [5.74, 6) is 0.783. The third-order valence-electron chi connectivity index (χ3n) is 3.21. The lowest BCUT2D eigenvalue weighted by atomic mass is 10.1. The number of nitrogens with one attached hydrogen (secondary N) is 2. The largest absolute Gasteiger partial charge is 0.368 e. The van der Waals surface area contributed by atoms with Gasteiger partial charge in [-0.25, -0.2) is 0 Å². The third kappa shape index (κ3) is 3.13. The number of nitrogens with zero attached hydrogens (tertiary/aromatic N) is 1. The Morgan fingerprint density at radius 1 is 1.14 bits per heavy atom. The zero-order valence-corrected chi connectivity index (χ0v) is 12.9. The van der Waals surface area contributed by atoms with E-state index in [9.17, 15) is 4.79 Å². The van der Waals surface area contributed by atoms with Gasteiger partial charge in [0.05, 0.1) is 12.1 Å². The van der Waals surface area contributed by atoms with Gasteiger partial charge in [-0.15, -0.1) is 0 Å². The Balaban J connectivity index is 1.73. The van der Waals surface area contributed by atoms with Crippen LogP contribution in [0.4, 0.5) is 5.69 Å². The molecule has 1 aliphatic heterocycles. The van der Waals surface area contributed by atoms with Crippen LogP contribution < -0.4 is 10.6 Å². The van der Waals surface area contributed by atoms with E-state index in [1.165, 1.54) is 0 Å². The fourth-order valence-corrected chi connectivity index (χ4v) is 2.61. The molecule has 4 nitrogen and oxygen atoms in total. The van der Waals surface area contributed by atoms with E-state index in [1.54, 1.807) is 6.07 Å². The van der Waals surface area contributed by atoms with Crippen molar-refractivity contribution in [2.45, 2.75) is 0 Å². The first kappa shape index (κ1) is 13.8. The van der Waals surface area contributed by atoms with E-state index in [2.05, 4.69) is 31.6 Å². The standard InChI is InChI=1S/C16H14BrN3O/c17-14-4-2-1-3-13(14)16(21)20-12-7-5-11(6-8-12)15-18-9-10-19-15/h1-8H,9-10H2,(H,18,19)(H,20,21). The van der Waals surface area contributed by atoms with E-state index in [-0.39, 0.29) is 5.91 Å². The maximum atomic E-state index is 12.2. The fraction of sp³-hybridized carbons (Fsp3) is 0.125. The minimum absolute atomic E-state index is 0.133. The molecule has 5 heteroatoms. The van der Waals surface area contributed by atoms with Crippen LogP contribution in [0.25, 0.3) is 0 Å². The monoisotopic (exact) mass is 343 g/mol. The van der Waals surface area contributed by atoms with Crippen molar-refractivity contribution in [3.63, 3.8) is 0 Å². The molecule has 2 N–H and O–H groups in total. The van der Waals surface area contributed by atoms with Gasteiger partial charge in [0.25, 0.3) is 5.91 Å². The summed E-state index contributed by atoms with van der Waals surface area (Å²) < 4.78 is 0.781. The Morgan fingerprint density at radius 3 is 2.57 bits per heavy atom. The summed E-state index contributed by atoms with van der Waals surface area (Å²) in [6, 6.07) is 15.0. The second-order valence-corrected chi connectivity index (χ2v) is 5.52. The molecule has 0 spiro atoms. The first-order valence-corrected chi connectivity index (χ1v) is 7.48. The molecule has 1 amide bonds. The molecule has 1 aliphatic rings. The molecule has 0 fully saturated rings. The number of hydrogen-bond donors (Lipinski definition) is 2. The fourth-order valence-electron chi connectivity index (χ4n) is 2.15. The molecule has 0 bridgehead atoms. The number of rotatable bonds is 3. The molecule has 0 aromatic heterocycles. The average Bonchev–Trinajstić information content (AvgIpc) is 3.02. The number of carbonyl (C=O) groups is 1. The van der Waals surface area contributed by atoms with Crippen LogP contribution in [0.5, 0.6) is 0 Å². The van der Waals surface area contributed by atoms with Crippen molar-refractivity contribution in [2.75, 3.05) is 18.4 Å². The molecule has 2 aromatic carbocycles. The molecule has 2 aromatic rings. The number of aliphatic imine (C=N–C) groups is 1. The molecule has 21 heavy (non-hydrogen) atoms. The Kier molecular flexibility index (Phi) is 4.01. The van der Waals surface area contributed by atoms with Gasteiger partial charge < -0.3 is 10.6 Å². The van der Waals surface area contributed by atoms with Gasteiger partial charge in [-0.2, -0.15) is 0 Å². The van der Waals surface area contributed by atoms with Gasteiger partial charge in [0.15, 0.2) is 0 Å². The second-order valence-electron chi connectivity index (χ2n) is 4.67. The van der Waals surface area contributed by atoms with Crippen molar-refractivity contribution in [3.05, 3.63) is 64.1 Å². The molecule has 0 aliphatic carbocycles. The molecule has 0 radical (unpaired) electrons. The van der Waals surface area contributed by atoms with Crippen LogP contribution in [0.1, 0.15) is 15.9 Å². The molecule has 1 heterocycles. The first-order chi connectivity index (χ1) is 10.2.